The highest BCUT2D eigenvalue weighted by Crippen LogP contribution is 2.16. The molecule has 13 heteroatoms. The monoisotopic (exact) mass is 657 g/mol. The molecule has 0 saturated heterocycles. The quantitative estimate of drug-likeness (QED) is 0.135. The van der Waals surface area contributed by atoms with E-state index in [-0.39, 0.29) is 48.6 Å². The molecule has 0 unspecified atom stereocenters. The molecular formula is C33H63N5O8. The third-order valence-electron chi connectivity index (χ3n) is 6.44. The van der Waals surface area contributed by atoms with E-state index < -0.39 is 28.7 Å². The predicted molar refractivity (Wildman–Crippen MR) is 179 cm³/mol. The number of ether oxygens (including phenoxy) is 2. The van der Waals surface area contributed by atoms with Crippen molar-refractivity contribution < 1.29 is 38.2 Å². The third-order valence-corrected chi connectivity index (χ3v) is 6.44. The van der Waals surface area contributed by atoms with Crippen molar-refractivity contribution in [2.45, 2.75) is 143 Å². The molecule has 0 bridgehead atoms. The average Bonchev–Trinajstić information content (AvgIpc) is 2.87. The molecule has 13 nitrogen and oxygen atoms in total. The maximum atomic E-state index is 13.1. The van der Waals surface area contributed by atoms with E-state index in [0.717, 1.165) is 6.41 Å². The van der Waals surface area contributed by atoms with Gasteiger partial charge in [-0.1, -0.05) is 27.7 Å². The van der Waals surface area contributed by atoms with Gasteiger partial charge in [0.2, 0.25) is 24.1 Å². The largest absolute Gasteiger partial charge is 0.469 e. The van der Waals surface area contributed by atoms with Crippen LogP contribution in [0.4, 0.5) is 4.79 Å². The highest BCUT2D eigenvalue weighted by molar-refractivity contribution is 5.91. The molecule has 0 aliphatic rings. The molecule has 0 aromatic carbocycles. The molecule has 0 rings (SSSR count). The summed E-state index contributed by atoms with van der Waals surface area (Å²) >= 11 is 0. The molecule has 0 spiro atoms. The first-order valence-corrected chi connectivity index (χ1v) is 16.0. The maximum absolute atomic E-state index is 13.1. The number of carbonyl (C=O) groups is 6. The van der Waals surface area contributed by atoms with E-state index in [4.69, 9.17) is 9.47 Å². The Morgan fingerprint density at radius 2 is 1.11 bits per heavy atom. The lowest BCUT2D eigenvalue weighted by Gasteiger charge is -2.31. The molecule has 0 radical (unpaired) electrons. The number of amides is 5. The summed E-state index contributed by atoms with van der Waals surface area (Å²) in [4.78, 5) is 73.7. The van der Waals surface area contributed by atoms with Crippen LogP contribution in [0, 0.1) is 11.8 Å². The Kier molecular flexibility index (Phi) is 20.1. The fourth-order valence-electron chi connectivity index (χ4n) is 4.15. The molecule has 5 amide bonds. The van der Waals surface area contributed by atoms with E-state index in [9.17, 15) is 28.8 Å². The average molecular weight is 658 g/mol. The minimum Gasteiger partial charge on any atom is -0.469 e. The van der Waals surface area contributed by atoms with Gasteiger partial charge in [-0.05, 0) is 86.0 Å². The van der Waals surface area contributed by atoms with Crippen molar-refractivity contribution in [3.05, 3.63) is 0 Å². The van der Waals surface area contributed by atoms with Crippen LogP contribution in [-0.4, -0.2) is 91.1 Å². The van der Waals surface area contributed by atoms with Gasteiger partial charge in [-0.25, -0.2) is 4.79 Å². The molecule has 0 heterocycles. The Morgan fingerprint density at radius 3 is 1.46 bits per heavy atom. The van der Waals surface area contributed by atoms with Crippen LogP contribution in [0.5, 0.6) is 0 Å². The Bertz CT molecular complexity index is 987. The van der Waals surface area contributed by atoms with E-state index >= 15 is 0 Å². The normalized spacial score (nSPS) is 13.0. The van der Waals surface area contributed by atoms with Crippen LogP contribution in [-0.2, 0) is 33.4 Å². The van der Waals surface area contributed by atoms with Gasteiger partial charge in [0.15, 0.2) is 0 Å². The predicted octanol–water partition coefficient (Wildman–Crippen LogP) is 3.68. The Balaban J connectivity index is 0. The van der Waals surface area contributed by atoms with Crippen LogP contribution in [0.15, 0.2) is 0 Å². The van der Waals surface area contributed by atoms with E-state index in [2.05, 4.69) is 21.3 Å². The van der Waals surface area contributed by atoms with Gasteiger partial charge in [0.25, 0.3) is 0 Å². The highest BCUT2D eigenvalue weighted by atomic mass is 16.6. The molecule has 0 aromatic heterocycles. The van der Waals surface area contributed by atoms with Crippen molar-refractivity contribution in [1.29, 1.82) is 0 Å². The minimum atomic E-state index is -1.24. The lowest BCUT2D eigenvalue weighted by Crippen LogP contribution is -2.58. The topological polar surface area (TPSA) is 172 Å². The fourth-order valence-corrected chi connectivity index (χ4v) is 4.15. The number of hydrogen-bond acceptors (Lipinski definition) is 8. The van der Waals surface area contributed by atoms with Gasteiger partial charge in [0.1, 0.15) is 16.7 Å². The molecule has 268 valence electrons. The lowest BCUT2D eigenvalue weighted by atomic mass is 9.96. The minimum absolute atomic E-state index is 0.0893. The van der Waals surface area contributed by atoms with Gasteiger partial charge in [-0.15, -0.1) is 0 Å². The van der Waals surface area contributed by atoms with Crippen LogP contribution >= 0.6 is 0 Å². The number of carbonyl (C=O) groups excluding carboxylic acids is 6. The summed E-state index contributed by atoms with van der Waals surface area (Å²) in [6.07, 6.45) is 2.44. The van der Waals surface area contributed by atoms with Gasteiger partial charge in [-0.3, -0.25) is 24.0 Å². The Labute approximate surface area is 277 Å². The first kappa shape index (κ1) is 44.7. The number of esters is 1. The number of methoxy groups -OCH3 is 1. The van der Waals surface area contributed by atoms with Crippen molar-refractivity contribution in [1.82, 2.24) is 26.2 Å². The summed E-state index contributed by atoms with van der Waals surface area (Å²) in [7, 11) is 4.70. The first-order chi connectivity index (χ1) is 20.8. The summed E-state index contributed by atoms with van der Waals surface area (Å²) in [6.45, 7) is 19.8. The van der Waals surface area contributed by atoms with Crippen molar-refractivity contribution in [2.24, 2.45) is 11.8 Å². The van der Waals surface area contributed by atoms with Crippen LogP contribution in [0.3, 0.4) is 0 Å². The zero-order valence-electron chi connectivity index (χ0n) is 30.8. The maximum Gasteiger partial charge on any atom is 0.408 e. The van der Waals surface area contributed by atoms with Crippen molar-refractivity contribution >= 4 is 36.2 Å². The zero-order valence-corrected chi connectivity index (χ0v) is 30.8. The fraction of sp³-hybridized carbons (Fsp3) is 0.818. The number of nitrogens with zero attached hydrogens (tertiary/aromatic N) is 1. The molecular weight excluding hydrogens is 594 g/mol. The smallest absolute Gasteiger partial charge is 0.408 e. The summed E-state index contributed by atoms with van der Waals surface area (Å²) in [5, 5.41) is 11.3. The summed E-state index contributed by atoms with van der Waals surface area (Å²) in [5.41, 5.74) is -3.12. The van der Waals surface area contributed by atoms with Crippen molar-refractivity contribution in [3.63, 3.8) is 0 Å². The SMILES string of the molecule is CN(C)C=O.COC(=O)CC[C@@H](CC(C)C)NC(=O)C(C)(C)NC(=O)CC[C@@H](CC(C)C)NC(=O)C(C)(C)NC(=O)OC(C)(C)C. The third kappa shape index (κ3) is 22.2. The van der Waals surface area contributed by atoms with Crippen molar-refractivity contribution in [3.8, 4) is 0 Å². The van der Waals surface area contributed by atoms with Crippen LogP contribution in [0.25, 0.3) is 0 Å². The molecule has 2 atom stereocenters. The summed E-state index contributed by atoms with van der Waals surface area (Å²) in [5.74, 6) is -0.856. The molecule has 0 aromatic rings. The van der Waals surface area contributed by atoms with Gasteiger partial charge >= 0.3 is 12.1 Å². The van der Waals surface area contributed by atoms with Crippen LogP contribution in [0.1, 0.15) is 115 Å². The Morgan fingerprint density at radius 1 is 0.717 bits per heavy atom. The number of rotatable bonds is 17. The van der Waals surface area contributed by atoms with Crippen LogP contribution < -0.4 is 21.3 Å². The van der Waals surface area contributed by atoms with Gasteiger partial charge < -0.3 is 35.6 Å². The zero-order chi connectivity index (χ0) is 36.5. The summed E-state index contributed by atoms with van der Waals surface area (Å²) < 4.78 is 9.99. The van der Waals surface area contributed by atoms with Crippen molar-refractivity contribution in [2.75, 3.05) is 21.2 Å². The standard InChI is InChI=1S/C30H56N4O7.C3H7NO/c1-19(2)17-21(31-26(38)30(10,11)34-27(39)41-28(5,6)7)13-15-23(35)33-29(8,9)25(37)32-22(18-20(3)4)14-16-24(36)40-12;1-4(2)3-5/h19-22H,13-18H2,1-12H3,(H,31,38)(H,32,37)(H,33,35)(H,34,39);3H,1-2H3/t21-,22-;/m0./s1. The number of nitrogens with one attached hydrogen (secondary N) is 4. The second-order valence-electron chi connectivity index (χ2n) is 14.7. The molecule has 4 N–H and O–H groups in total. The molecule has 0 saturated carbocycles. The molecule has 0 fully saturated rings. The lowest BCUT2D eigenvalue weighted by molar-refractivity contribution is -0.141. The van der Waals surface area contributed by atoms with Crippen LogP contribution in [0.2, 0.25) is 0 Å². The van der Waals surface area contributed by atoms with E-state index in [1.807, 2.05) is 27.7 Å². The number of hydrogen-bond donors (Lipinski definition) is 4. The van der Waals surface area contributed by atoms with E-state index in [1.165, 1.54) is 12.0 Å². The second-order valence-corrected chi connectivity index (χ2v) is 14.7. The molecule has 0 aliphatic carbocycles. The first-order valence-electron chi connectivity index (χ1n) is 16.0. The van der Waals surface area contributed by atoms with Gasteiger partial charge in [0, 0.05) is 39.0 Å². The Hall–Kier alpha value is -3.38. The van der Waals surface area contributed by atoms with E-state index in [0.29, 0.717) is 31.6 Å². The molecule has 46 heavy (non-hydrogen) atoms. The highest BCUT2D eigenvalue weighted by Gasteiger charge is 2.34. The summed E-state index contributed by atoms with van der Waals surface area (Å²) in [6, 6.07) is -0.556. The van der Waals surface area contributed by atoms with E-state index in [1.54, 1.807) is 62.6 Å². The van der Waals surface area contributed by atoms with Gasteiger partial charge in [-0.2, -0.15) is 0 Å². The van der Waals surface area contributed by atoms with Gasteiger partial charge in [0.05, 0.1) is 7.11 Å². The second kappa shape index (κ2) is 20.7. The molecule has 0 aliphatic heterocycles. The number of alkyl carbamates (subject to hydrolysis) is 1.